The van der Waals surface area contributed by atoms with Crippen molar-refractivity contribution in [3.8, 4) is 17.3 Å². The summed E-state index contributed by atoms with van der Waals surface area (Å²) in [6.45, 7) is 6.41. The van der Waals surface area contributed by atoms with E-state index >= 15 is 0 Å². The van der Waals surface area contributed by atoms with E-state index in [-0.39, 0.29) is 0 Å². The van der Waals surface area contributed by atoms with Crippen LogP contribution in [0.4, 0.5) is 0 Å². The van der Waals surface area contributed by atoms with Crippen molar-refractivity contribution in [1.29, 1.82) is 5.26 Å². The van der Waals surface area contributed by atoms with E-state index in [0.29, 0.717) is 11.5 Å². The molecule has 0 N–H and O–H groups in total. The molecular formula is C23H21N2O+. The molecule has 2 aromatic carbocycles. The number of hydrogen-bond donors (Lipinski definition) is 0. The number of pyridine rings is 1. The van der Waals surface area contributed by atoms with Crippen LogP contribution in [0.2, 0.25) is 0 Å². The Balaban J connectivity index is 2.26. The number of aryl methyl sites for hydroxylation is 2. The fourth-order valence-corrected chi connectivity index (χ4v) is 3.75. The van der Waals surface area contributed by atoms with E-state index in [4.69, 9.17) is 4.42 Å². The minimum atomic E-state index is 0.322. The van der Waals surface area contributed by atoms with Crippen molar-refractivity contribution >= 4 is 21.9 Å². The molecule has 0 saturated carbocycles. The molecule has 0 aliphatic heterocycles. The second kappa shape index (κ2) is 6.00. The number of fused-ring (bicyclic) bond motifs is 3. The van der Waals surface area contributed by atoms with Gasteiger partial charge in [0.25, 0.3) is 0 Å². The van der Waals surface area contributed by atoms with E-state index in [1.807, 2.05) is 43.6 Å². The lowest BCUT2D eigenvalue weighted by Gasteiger charge is -2.08. The van der Waals surface area contributed by atoms with Crippen molar-refractivity contribution in [3.63, 3.8) is 0 Å². The van der Waals surface area contributed by atoms with Crippen molar-refractivity contribution in [1.82, 2.24) is 0 Å². The Labute approximate surface area is 153 Å². The van der Waals surface area contributed by atoms with Crippen molar-refractivity contribution < 1.29 is 8.98 Å². The highest BCUT2D eigenvalue weighted by Crippen LogP contribution is 2.41. The minimum Gasteiger partial charge on any atom is -0.456 e. The smallest absolute Gasteiger partial charge is 0.213 e. The fraction of sp³-hybridized carbons (Fsp3) is 0.217. The standard InChI is InChI=1S/C23H21N2O/c1-14(2)17-10-9-16(13-24)21-22-19(26-23(17)21)11-8-15(3)20(22)18-7-5-6-12-25(18)4/h5-12,14H,1-4H3/q+1. The van der Waals surface area contributed by atoms with Crippen LogP contribution in [0.5, 0.6) is 0 Å². The van der Waals surface area contributed by atoms with Crippen LogP contribution in [-0.2, 0) is 7.05 Å². The van der Waals surface area contributed by atoms with Crippen LogP contribution in [0.1, 0.15) is 36.5 Å². The maximum absolute atomic E-state index is 9.73. The maximum atomic E-state index is 9.73. The molecule has 0 aliphatic rings. The molecule has 0 spiro atoms. The molecule has 0 fully saturated rings. The van der Waals surface area contributed by atoms with Gasteiger partial charge in [0.1, 0.15) is 18.2 Å². The molecule has 0 amide bonds. The first-order chi connectivity index (χ1) is 12.5. The van der Waals surface area contributed by atoms with Crippen LogP contribution in [0.25, 0.3) is 33.2 Å². The lowest BCUT2D eigenvalue weighted by Crippen LogP contribution is -2.30. The third kappa shape index (κ3) is 2.30. The van der Waals surface area contributed by atoms with Gasteiger partial charge in [-0.2, -0.15) is 5.26 Å². The largest absolute Gasteiger partial charge is 0.456 e. The molecule has 0 aliphatic carbocycles. The van der Waals surface area contributed by atoms with Gasteiger partial charge in [-0.25, -0.2) is 4.57 Å². The van der Waals surface area contributed by atoms with Crippen molar-refractivity contribution in [2.45, 2.75) is 26.7 Å². The predicted octanol–water partition coefficient (Wildman–Crippen LogP) is 5.38. The first kappa shape index (κ1) is 16.4. The molecule has 0 unspecified atom stereocenters. The number of rotatable bonds is 2. The zero-order valence-electron chi connectivity index (χ0n) is 15.5. The first-order valence-electron chi connectivity index (χ1n) is 8.86. The number of aromatic nitrogens is 1. The van der Waals surface area contributed by atoms with Gasteiger partial charge in [0.2, 0.25) is 5.69 Å². The van der Waals surface area contributed by atoms with Crippen LogP contribution in [0, 0.1) is 18.3 Å². The average Bonchev–Trinajstić information content (AvgIpc) is 3.01. The summed E-state index contributed by atoms with van der Waals surface area (Å²) in [4.78, 5) is 0. The van der Waals surface area contributed by atoms with Crippen LogP contribution >= 0.6 is 0 Å². The summed E-state index contributed by atoms with van der Waals surface area (Å²) in [5.41, 5.74) is 6.86. The zero-order valence-corrected chi connectivity index (χ0v) is 15.5. The molecule has 4 rings (SSSR count). The SMILES string of the molecule is Cc1ccc2oc3c(C(C)C)ccc(C#N)c3c2c1-c1cccc[n+]1C. The molecule has 2 aromatic heterocycles. The van der Waals surface area contributed by atoms with Gasteiger partial charge >= 0.3 is 0 Å². The molecule has 0 atom stereocenters. The summed E-state index contributed by atoms with van der Waals surface area (Å²) in [6.07, 6.45) is 2.04. The molecular weight excluding hydrogens is 320 g/mol. The number of furan rings is 1. The summed E-state index contributed by atoms with van der Waals surface area (Å²) >= 11 is 0. The second-order valence-corrected chi connectivity index (χ2v) is 7.10. The molecule has 0 saturated heterocycles. The third-order valence-corrected chi connectivity index (χ3v) is 5.08. The minimum absolute atomic E-state index is 0.322. The Kier molecular flexibility index (Phi) is 3.77. The number of hydrogen-bond acceptors (Lipinski definition) is 2. The van der Waals surface area contributed by atoms with Gasteiger partial charge in [0.15, 0.2) is 6.20 Å². The lowest BCUT2D eigenvalue weighted by atomic mass is 9.93. The highest BCUT2D eigenvalue weighted by Gasteiger charge is 2.23. The van der Waals surface area contributed by atoms with E-state index in [9.17, 15) is 5.26 Å². The van der Waals surface area contributed by atoms with Crippen molar-refractivity contribution in [2.75, 3.05) is 0 Å². The maximum Gasteiger partial charge on any atom is 0.213 e. The van der Waals surface area contributed by atoms with Crippen molar-refractivity contribution in [2.24, 2.45) is 7.05 Å². The van der Waals surface area contributed by atoms with Gasteiger partial charge in [0, 0.05) is 22.9 Å². The van der Waals surface area contributed by atoms with Crippen LogP contribution in [-0.4, -0.2) is 0 Å². The summed E-state index contributed by atoms with van der Waals surface area (Å²) in [7, 11) is 2.04. The van der Waals surface area contributed by atoms with E-state index in [1.54, 1.807) is 0 Å². The van der Waals surface area contributed by atoms with Gasteiger partial charge in [-0.3, -0.25) is 0 Å². The molecule has 0 bridgehead atoms. The molecule has 3 nitrogen and oxygen atoms in total. The van der Waals surface area contributed by atoms with Gasteiger partial charge in [-0.05, 0) is 42.2 Å². The Morgan fingerprint density at radius 3 is 2.54 bits per heavy atom. The highest BCUT2D eigenvalue weighted by molar-refractivity contribution is 6.15. The first-order valence-corrected chi connectivity index (χ1v) is 8.86. The zero-order chi connectivity index (χ0) is 18.4. The van der Waals surface area contributed by atoms with Gasteiger partial charge in [0.05, 0.1) is 17.2 Å². The van der Waals surface area contributed by atoms with Crippen LogP contribution in [0.15, 0.2) is 53.1 Å². The average molecular weight is 341 g/mol. The van der Waals surface area contributed by atoms with Gasteiger partial charge in [-0.15, -0.1) is 0 Å². The summed E-state index contributed by atoms with van der Waals surface area (Å²) in [5.74, 6) is 0.322. The van der Waals surface area contributed by atoms with E-state index in [0.717, 1.165) is 38.8 Å². The summed E-state index contributed by atoms with van der Waals surface area (Å²) < 4.78 is 8.39. The Hall–Kier alpha value is -3.12. The topological polar surface area (TPSA) is 40.8 Å². The summed E-state index contributed by atoms with van der Waals surface area (Å²) in [5, 5.41) is 11.7. The van der Waals surface area contributed by atoms with E-state index < -0.39 is 0 Å². The second-order valence-electron chi connectivity index (χ2n) is 7.10. The van der Waals surface area contributed by atoms with E-state index in [2.05, 4.69) is 43.5 Å². The monoisotopic (exact) mass is 341 g/mol. The number of nitrogens with zero attached hydrogens (tertiary/aromatic N) is 2. The van der Waals surface area contributed by atoms with Gasteiger partial charge < -0.3 is 4.42 Å². The molecule has 2 heterocycles. The van der Waals surface area contributed by atoms with E-state index in [1.165, 1.54) is 5.56 Å². The summed E-state index contributed by atoms with van der Waals surface area (Å²) in [6, 6.07) is 16.6. The molecule has 26 heavy (non-hydrogen) atoms. The number of nitriles is 1. The molecule has 0 radical (unpaired) electrons. The van der Waals surface area contributed by atoms with Gasteiger partial charge in [-0.1, -0.05) is 26.0 Å². The molecule has 4 aromatic rings. The Morgan fingerprint density at radius 1 is 1.04 bits per heavy atom. The number of benzene rings is 2. The Morgan fingerprint density at radius 2 is 1.85 bits per heavy atom. The van der Waals surface area contributed by atoms with Crippen molar-refractivity contribution in [3.05, 3.63) is 65.4 Å². The predicted molar refractivity (Wildman–Crippen MR) is 104 cm³/mol. The van der Waals surface area contributed by atoms with Crippen LogP contribution in [0.3, 0.4) is 0 Å². The lowest BCUT2D eigenvalue weighted by molar-refractivity contribution is -0.660. The molecule has 3 heteroatoms. The fourth-order valence-electron chi connectivity index (χ4n) is 3.75. The Bertz CT molecular complexity index is 1190. The van der Waals surface area contributed by atoms with Crippen LogP contribution < -0.4 is 4.57 Å². The highest BCUT2D eigenvalue weighted by atomic mass is 16.3. The molecule has 128 valence electrons. The third-order valence-electron chi connectivity index (χ3n) is 5.08. The normalized spacial score (nSPS) is 11.4. The quantitative estimate of drug-likeness (QED) is 0.459.